The fourth-order valence-electron chi connectivity index (χ4n) is 5.42. The van der Waals surface area contributed by atoms with Crippen LogP contribution in [0.4, 0.5) is 13.2 Å². The van der Waals surface area contributed by atoms with Gasteiger partial charge in [0, 0.05) is 37.9 Å². The number of aliphatic carboxylic acids is 1. The molecule has 2 aliphatic heterocycles. The number of carbonyl (C=O) groups is 1. The van der Waals surface area contributed by atoms with Gasteiger partial charge >= 0.3 is 12.1 Å². The second-order valence-electron chi connectivity index (χ2n) is 10.6. The van der Waals surface area contributed by atoms with Crippen LogP contribution in [0.2, 0.25) is 0 Å². The molecule has 218 valence electrons. The Morgan fingerprint density at radius 2 is 1.85 bits per heavy atom. The van der Waals surface area contributed by atoms with Crippen molar-refractivity contribution in [2.75, 3.05) is 26.9 Å². The van der Waals surface area contributed by atoms with E-state index in [2.05, 4.69) is 38.8 Å². The molecular formula is C28H37F3N6O3. The molecule has 1 aliphatic carbocycles. The van der Waals surface area contributed by atoms with Crippen LogP contribution in [0.1, 0.15) is 50.2 Å². The number of alkyl halides is 3. The minimum Gasteiger partial charge on any atom is -0.475 e. The molecule has 3 aliphatic rings. The molecule has 2 heterocycles. The van der Waals surface area contributed by atoms with Crippen LogP contribution in [0.5, 0.6) is 0 Å². The van der Waals surface area contributed by atoms with Crippen molar-refractivity contribution in [2.45, 2.75) is 69.9 Å². The number of hydrogen-bond donors (Lipinski definition) is 2. The van der Waals surface area contributed by atoms with Gasteiger partial charge in [0.2, 0.25) is 5.84 Å². The molecule has 0 aromatic heterocycles. The van der Waals surface area contributed by atoms with Crippen LogP contribution in [0.3, 0.4) is 0 Å². The van der Waals surface area contributed by atoms with E-state index in [0.29, 0.717) is 37.1 Å². The van der Waals surface area contributed by atoms with E-state index in [-0.39, 0.29) is 30.5 Å². The molecule has 4 rings (SSSR count). The molecule has 0 amide bonds. The second-order valence-corrected chi connectivity index (χ2v) is 10.6. The van der Waals surface area contributed by atoms with Crippen molar-refractivity contribution in [3.05, 3.63) is 47.3 Å². The maximum absolute atomic E-state index is 13.2. The number of ether oxygens (including phenoxy) is 1. The summed E-state index contributed by atoms with van der Waals surface area (Å²) >= 11 is 0. The maximum Gasteiger partial charge on any atom is 0.416 e. The monoisotopic (exact) mass is 562 g/mol. The number of nitrogens with zero attached hydrogens (tertiary/aromatic N) is 5. The number of halogens is 3. The van der Waals surface area contributed by atoms with E-state index >= 15 is 0 Å². The Kier molecular flexibility index (Phi) is 9.62. The molecule has 0 spiro atoms. The Morgan fingerprint density at radius 3 is 2.35 bits per heavy atom. The molecule has 40 heavy (non-hydrogen) atoms. The van der Waals surface area contributed by atoms with Crippen molar-refractivity contribution in [1.29, 1.82) is 0 Å². The molecule has 2 bridgehead atoms. The summed E-state index contributed by atoms with van der Waals surface area (Å²) in [6.45, 7) is 7.61. The minimum atomic E-state index is -4.43. The molecule has 1 aromatic carbocycles. The van der Waals surface area contributed by atoms with Crippen LogP contribution in [-0.2, 0) is 22.3 Å². The predicted octanol–water partition coefficient (Wildman–Crippen LogP) is 4.16. The van der Waals surface area contributed by atoms with Crippen molar-refractivity contribution in [1.82, 2.24) is 15.1 Å². The normalized spacial score (nSPS) is 23.5. The summed E-state index contributed by atoms with van der Waals surface area (Å²) in [5, 5.41) is 13.0. The first kappa shape index (κ1) is 29.7. The van der Waals surface area contributed by atoms with Crippen molar-refractivity contribution < 1.29 is 27.8 Å². The lowest BCUT2D eigenvalue weighted by molar-refractivity contribution is -0.137. The molecule has 1 aromatic rings. The van der Waals surface area contributed by atoms with Gasteiger partial charge in [0.05, 0.1) is 31.1 Å². The quantitative estimate of drug-likeness (QED) is 0.346. The van der Waals surface area contributed by atoms with E-state index in [1.54, 1.807) is 6.20 Å². The SMILES string of the molecule is C=NC(=N/C(=N\C)C(=O)O)/C(=C/N[C@H](C)C1CCC1)N(Cc1ccc(C(F)(F)F)cc1)CN1C2CCC1COC2. The second kappa shape index (κ2) is 12.9. The van der Waals surface area contributed by atoms with Gasteiger partial charge in [0.1, 0.15) is 0 Å². The molecule has 3 atom stereocenters. The van der Waals surface area contributed by atoms with Crippen molar-refractivity contribution in [2.24, 2.45) is 20.9 Å². The summed E-state index contributed by atoms with van der Waals surface area (Å²) in [6.07, 6.45) is 2.74. The first-order valence-electron chi connectivity index (χ1n) is 13.6. The fourth-order valence-corrected chi connectivity index (χ4v) is 5.42. The molecule has 2 N–H and O–H groups in total. The van der Waals surface area contributed by atoms with Crippen LogP contribution >= 0.6 is 0 Å². The number of fused-ring (bicyclic) bond motifs is 2. The predicted molar refractivity (Wildman–Crippen MR) is 147 cm³/mol. The van der Waals surface area contributed by atoms with Gasteiger partial charge in [0.25, 0.3) is 0 Å². The number of hydrogen-bond acceptors (Lipinski definition) is 6. The van der Waals surface area contributed by atoms with Gasteiger partial charge in [0.15, 0.2) is 5.84 Å². The van der Waals surface area contributed by atoms with Crippen molar-refractivity contribution in [3.8, 4) is 0 Å². The largest absolute Gasteiger partial charge is 0.475 e. The van der Waals surface area contributed by atoms with E-state index in [1.165, 1.54) is 25.6 Å². The Morgan fingerprint density at radius 1 is 1.20 bits per heavy atom. The Hall–Kier alpha value is -3.25. The number of amidine groups is 2. The van der Waals surface area contributed by atoms with Crippen molar-refractivity contribution in [3.63, 3.8) is 0 Å². The lowest BCUT2D eigenvalue weighted by Crippen LogP contribution is -2.51. The van der Waals surface area contributed by atoms with Gasteiger partial charge in [-0.05, 0) is 62.9 Å². The summed E-state index contributed by atoms with van der Waals surface area (Å²) in [5.74, 6) is -1.16. The average molecular weight is 563 g/mol. The van der Waals surface area contributed by atoms with Gasteiger partial charge in [-0.1, -0.05) is 18.6 Å². The zero-order valence-corrected chi connectivity index (χ0v) is 22.9. The zero-order valence-electron chi connectivity index (χ0n) is 22.9. The Bertz CT molecular complexity index is 1130. The number of morpholine rings is 1. The van der Waals surface area contributed by atoms with E-state index in [0.717, 1.165) is 37.8 Å². The first-order chi connectivity index (χ1) is 19.1. The van der Waals surface area contributed by atoms with Crippen LogP contribution in [0.25, 0.3) is 0 Å². The van der Waals surface area contributed by atoms with Crippen LogP contribution in [-0.4, -0.2) is 84.3 Å². The molecule has 1 saturated carbocycles. The number of nitrogens with one attached hydrogen (secondary N) is 1. The highest BCUT2D eigenvalue weighted by Crippen LogP contribution is 2.32. The topological polar surface area (TPSA) is 102 Å². The number of benzene rings is 1. The first-order valence-corrected chi connectivity index (χ1v) is 13.6. The van der Waals surface area contributed by atoms with Gasteiger partial charge < -0.3 is 20.1 Å². The van der Waals surface area contributed by atoms with Gasteiger partial charge in [-0.3, -0.25) is 9.89 Å². The standard InChI is InChI=1S/C28H37F3N6O3/c1-18(20-5-4-6-20)34-13-24(25(32-2)35-26(33-3)27(38)39)36(17-37-22-11-12-23(37)16-40-15-22)14-19-7-9-21(10-8-19)28(29,30)31/h7-10,13,18,20,22-23,34H,2,4-6,11-12,14-17H2,1,3H3,(H,38,39)/b24-13-,33-26-,35-25+/t18-,22?,23?/m1/s1. The smallest absolute Gasteiger partial charge is 0.416 e. The van der Waals surface area contributed by atoms with Gasteiger partial charge in [-0.2, -0.15) is 13.2 Å². The highest BCUT2D eigenvalue weighted by molar-refractivity contribution is 6.37. The van der Waals surface area contributed by atoms with E-state index in [9.17, 15) is 23.1 Å². The average Bonchev–Trinajstić information content (AvgIpc) is 3.08. The number of aliphatic imine (C=N–C) groups is 3. The van der Waals surface area contributed by atoms with E-state index < -0.39 is 23.5 Å². The summed E-state index contributed by atoms with van der Waals surface area (Å²) in [4.78, 5) is 28.1. The Balaban J connectivity index is 1.73. The lowest BCUT2D eigenvalue weighted by Gasteiger charge is -2.40. The maximum atomic E-state index is 13.2. The molecular weight excluding hydrogens is 525 g/mol. The molecule has 0 radical (unpaired) electrons. The zero-order chi connectivity index (χ0) is 28.9. The highest BCUT2D eigenvalue weighted by Gasteiger charge is 2.39. The van der Waals surface area contributed by atoms with Crippen LogP contribution < -0.4 is 5.32 Å². The van der Waals surface area contributed by atoms with Crippen LogP contribution in [0, 0.1) is 5.92 Å². The summed E-state index contributed by atoms with van der Waals surface area (Å²) in [6, 6.07) is 5.63. The van der Waals surface area contributed by atoms with Crippen molar-refractivity contribution >= 4 is 24.4 Å². The fraction of sp³-hybridized carbons (Fsp3) is 0.571. The Labute approximate surface area is 232 Å². The highest BCUT2D eigenvalue weighted by atomic mass is 19.4. The van der Waals surface area contributed by atoms with E-state index in [1.807, 2.05) is 4.90 Å². The van der Waals surface area contributed by atoms with Crippen LogP contribution in [0.15, 0.2) is 51.1 Å². The molecule has 9 nitrogen and oxygen atoms in total. The number of carboxylic acid groups (broad SMARTS) is 1. The van der Waals surface area contributed by atoms with E-state index in [4.69, 9.17) is 4.74 Å². The summed E-state index contributed by atoms with van der Waals surface area (Å²) in [7, 11) is 1.33. The lowest BCUT2D eigenvalue weighted by atomic mass is 9.80. The third kappa shape index (κ3) is 7.08. The summed E-state index contributed by atoms with van der Waals surface area (Å²) in [5.41, 5.74) is 0.410. The third-order valence-corrected chi connectivity index (χ3v) is 8.05. The third-order valence-electron chi connectivity index (χ3n) is 8.05. The molecule has 2 unspecified atom stereocenters. The number of carboxylic acids is 1. The minimum absolute atomic E-state index is 0.0591. The molecule has 12 heteroatoms. The number of rotatable bonds is 9. The van der Waals surface area contributed by atoms with Gasteiger partial charge in [-0.25, -0.2) is 14.8 Å². The molecule has 3 fully saturated rings. The molecule has 2 saturated heterocycles. The summed E-state index contributed by atoms with van der Waals surface area (Å²) < 4.78 is 45.4. The van der Waals surface area contributed by atoms with Gasteiger partial charge in [-0.15, -0.1) is 0 Å².